The molecule has 4 amide bonds. The van der Waals surface area contributed by atoms with Crippen molar-refractivity contribution in [2.45, 2.75) is 20.3 Å². The first-order chi connectivity index (χ1) is 12.8. The van der Waals surface area contributed by atoms with Gasteiger partial charge in [-0.3, -0.25) is 29.0 Å². The summed E-state index contributed by atoms with van der Waals surface area (Å²) in [7, 11) is 3.14. The molecule has 10 nitrogen and oxygen atoms in total. The highest BCUT2D eigenvalue weighted by Gasteiger charge is 2.33. The summed E-state index contributed by atoms with van der Waals surface area (Å²) in [5, 5.41) is 8.64. The Morgan fingerprint density at radius 2 is 1.41 bits per heavy atom. The SMILES string of the molecule is CCC(C)C(C(=O)NN=C1SCC(=O)N1C)C(=O)NN=C1SCC(=O)N1C. The molecule has 27 heavy (non-hydrogen) atoms. The Bertz CT molecular complexity index is 656. The van der Waals surface area contributed by atoms with E-state index in [1.807, 2.05) is 6.92 Å². The summed E-state index contributed by atoms with van der Waals surface area (Å²) in [5.74, 6) is -2.09. The highest BCUT2D eigenvalue weighted by Crippen LogP contribution is 2.19. The highest BCUT2D eigenvalue weighted by atomic mass is 32.2. The monoisotopic (exact) mass is 414 g/mol. The molecule has 0 aliphatic carbocycles. The van der Waals surface area contributed by atoms with E-state index in [0.29, 0.717) is 16.8 Å². The maximum atomic E-state index is 12.5. The Morgan fingerprint density at radius 1 is 1.00 bits per heavy atom. The normalized spacial score (nSPS) is 22.5. The standard InChI is InChI=1S/C15H22N6O4S2/c1-5-8(2)11(12(24)16-18-14-20(3)9(22)6-26-14)13(25)17-19-15-21(4)10(23)7-27-15/h8,11H,5-7H2,1-4H3,(H,16,24)(H,17,25). The zero-order valence-corrected chi connectivity index (χ0v) is 17.1. The number of thioether (sulfide) groups is 2. The molecular weight excluding hydrogens is 392 g/mol. The quantitative estimate of drug-likeness (QED) is 0.460. The van der Waals surface area contributed by atoms with E-state index in [-0.39, 0.29) is 29.2 Å². The van der Waals surface area contributed by atoms with Crippen LogP contribution in [-0.4, -0.2) is 69.4 Å². The third-order valence-corrected chi connectivity index (χ3v) is 6.30. The lowest BCUT2D eigenvalue weighted by molar-refractivity contribution is -0.137. The Morgan fingerprint density at radius 3 is 1.70 bits per heavy atom. The Balaban J connectivity index is 2.05. The minimum atomic E-state index is -1.01. The van der Waals surface area contributed by atoms with E-state index in [1.165, 1.54) is 33.3 Å². The number of carbonyl (C=O) groups is 4. The van der Waals surface area contributed by atoms with Gasteiger partial charge in [-0.15, -0.1) is 10.2 Å². The van der Waals surface area contributed by atoms with Crippen molar-refractivity contribution in [2.75, 3.05) is 25.6 Å². The van der Waals surface area contributed by atoms with Crippen LogP contribution in [0.4, 0.5) is 0 Å². The summed E-state index contributed by atoms with van der Waals surface area (Å²) in [6.45, 7) is 3.65. The van der Waals surface area contributed by atoms with Gasteiger partial charge >= 0.3 is 0 Å². The van der Waals surface area contributed by atoms with Crippen LogP contribution in [0.3, 0.4) is 0 Å². The second-order valence-electron chi connectivity index (χ2n) is 6.09. The number of rotatable bonds is 6. The maximum Gasteiger partial charge on any atom is 0.253 e. The number of nitrogens with zero attached hydrogens (tertiary/aromatic N) is 4. The van der Waals surface area contributed by atoms with Crippen LogP contribution in [0.15, 0.2) is 10.2 Å². The van der Waals surface area contributed by atoms with Crippen LogP contribution < -0.4 is 10.9 Å². The fraction of sp³-hybridized carbons (Fsp3) is 0.600. The first-order valence-electron chi connectivity index (χ1n) is 8.30. The summed E-state index contributed by atoms with van der Waals surface area (Å²) >= 11 is 2.42. The Hall–Kier alpha value is -2.08. The molecule has 0 radical (unpaired) electrons. The average molecular weight is 415 g/mol. The second kappa shape index (κ2) is 9.22. The van der Waals surface area contributed by atoms with Gasteiger partial charge in [-0.1, -0.05) is 43.8 Å². The van der Waals surface area contributed by atoms with Gasteiger partial charge in [0.15, 0.2) is 10.3 Å². The molecule has 2 saturated heterocycles. The number of hydrogen-bond acceptors (Lipinski definition) is 8. The lowest BCUT2D eigenvalue weighted by Gasteiger charge is -2.20. The lowest BCUT2D eigenvalue weighted by atomic mass is 9.90. The largest absolute Gasteiger partial charge is 0.292 e. The van der Waals surface area contributed by atoms with Crippen LogP contribution in [0.1, 0.15) is 20.3 Å². The van der Waals surface area contributed by atoms with E-state index in [1.54, 1.807) is 21.0 Å². The predicted molar refractivity (Wildman–Crippen MR) is 105 cm³/mol. The van der Waals surface area contributed by atoms with Crippen molar-refractivity contribution in [3.8, 4) is 0 Å². The van der Waals surface area contributed by atoms with E-state index < -0.39 is 17.7 Å². The van der Waals surface area contributed by atoms with Crippen LogP contribution in [0.25, 0.3) is 0 Å². The molecule has 0 spiro atoms. The zero-order chi connectivity index (χ0) is 20.1. The van der Waals surface area contributed by atoms with E-state index in [0.717, 1.165) is 0 Å². The van der Waals surface area contributed by atoms with Gasteiger partial charge in [-0.05, 0) is 5.92 Å². The van der Waals surface area contributed by atoms with Gasteiger partial charge in [-0.25, -0.2) is 10.9 Å². The summed E-state index contributed by atoms with van der Waals surface area (Å²) in [6, 6.07) is 0. The van der Waals surface area contributed by atoms with E-state index in [9.17, 15) is 19.2 Å². The fourth-order valence-electron chi connectivity index (χ4n) is 2.28. The van der Waals surface area contributed by atoms with Gasteiger partial charge in [-0.2, -0.15) is 0 Å². The molecule has 0 saturated carbocycles. The van der Waals surface area contributed by atoms with Gasteiger partial charge < -0.3 is 0 Å². The number of hydrazone groups is 2. The topological polar surface area (TPSA) is 124 Å². The number of amides is 4. The van der Waals surface area contributed by atoms with Crippen molar-refractivity contribution in [3.63, 3.8) is 0 Å². The molecule has 0 bridgehead atoms. The van der Waals surface area contributed by atoms with Crippen LogP contribution in [0.2, 0.25) is 0 Å². The summed E-state index contributed by atoms with van der Waals surface area (Å²) < 4.78 is 0. The van der Waals surface area contributed by atoms with Crippen molar-refractivity contribution >= 4 is 57.5 Å². The predicted octanol–water partition coefficient (Wildman–Crippen LogP) is -0.166. The molecule has 2 aliphatic heterocycles. The van der Waals surface area contributed by atoms with E-state index in [2.05, 4.69) is 21.1 Å². The zero-order valence-electron chi connectivity index (χ0n) is 15.5. The second-order valence-corrected chi connectivity index (χ2v) is 7.97. The van der Waals surface area contributed by atoms with Gasteiger partial charge in [0.2, 0.25) is 11.8 Å². The lowest BCUT2D eigenvalue weighted by Crippen LogP contribution is -2.42. The molecule has 12 heteroatoms. The number of hydrogen-bond donors (Lipinski definition) is 2. The molecule has 0 aromatic carbocycles. The van der Waals surface area contributed by atoms with Crippen molar-refractivity contribution in [1.82, 2.24) is 20.7 Å². The minimum Gasteiger partial charge on any atom is -0.292 e. The van der Waals surface area contributed by atoms with E-state index in [4.69, 9.17) is 0 Å². The summed E-state index contributed by atoms with van der Waals surface area (Å²) in [5.41, 5.74) is 4.74. The molecule has 148 valence electrons. The Kier molecular flexibility index (Phi) is 7.25. The molecule has 2 N–H and O–H groups in total. The maximum absolute atomic E-state index is 12.5. The number of nitrogens with one attached hydrogen (secondary N) is 2. The molecule has 0 aromatic heterocycles. The highest BCUT2D eigenvalue weighted by molar-refractivity contribution is 8.15. The fourth-order valence-corrected chi connectivity index (χ4v) is 3.99. The molecule has 2 rings (SSSR count). The first-order valence-corrected chi connectivity index (χ1v) is 10.3. The molecule has 1 atom stereocenters. The van der Waals surface area contributed by atoms with Crippen LogP contribution in [0, 0.1) is 11.8 Å². The van der Waals surface area contributed by atoms with Gasteiger partial charge in [0.25, 0.3) is 11.8 Å². The summed E-state index contributed by atoms with van der Waals surface area (Å²) in [4.78, 5) is 50.7. The van der Waals surface area contributed by atoms with Gasteiger partial charge in [0.1, 0.15) is 5.92 Å². The van der Waals surface area contributed by atoms with Crippen molar-refractivity contribution in [1.29, 1.82) is 0 Å². The van der Waals surface area contributed by atoms with Crippen molar-refractivity contribution in [2.24, 2.45) is 22.0 Å². The smallest absolute Gasteiger partial charge is 0.253 e. The van der Waals surface area contributed by atoms with E-state index >= 15 is 0 Å². The molecule has 2 aliphatic rings. The van der Waals surface area contributed by atoms with Crippen molar-refractivity contribution in [3.05, 3.63) is 0 Å². The first kappa shape index (κ1) is 21.2. The van der Waals surface area contributed by atoms with Crippen LogP contribution in [-0.2, 0) is 19.2 Å². The molecule has 0 aromatic rings. The minimum absolute atomic E-state index is 0.104. The third-order valence-electron chi connectivity index (χ3n) is 4.27. The Labute approximate surface area is 165 Å². The van der Waals surface area contributed by atoms with Crippen molar-refractivity contribution < 1.29 is 19.2 Å². The average Bonchev–Trinajstić information content (AvgIpc) is 3.14. The molecule has 2 fully saturated rings. The van der Waals surface area contributed by atoms with Gasteiger partial charge in [0.05, 0.1) is 11.5 Å². The van der Waals surface area contributed by atoms with Crippen LogP contribution in [0.5, 0.6) is 0 Å². The summed E-state index contributed by atoms with van der Waals surface area (Å²) in [6.07, 6.45) is 0.596. The molecular formula is C15H22N6O4S2. The number of carbonyl (C=O) groups excluding carboxylic acids is 4. The third kappa shape index (κ3) is 5.01. The van der Waals surface area contributed by atoms with Crippen LogP contribution >= 0.6 is 23.5 Å². The molecule has 1 unspecified atom stereocenters. The van der Waals surface area contributed by atoms with Gasteiger partial charge in [0, 0.05) is 14.1 Å². The number of amidine groups is 2. The molecule has 2 heterocycles.